The highest BCUT2D eigenvalue weighted by Gasteiger charge is 2.32. The van der Waals surface area contributed by atoms with Crippen LogP contribution in [0.1, 0.15) is 12.0 Å². The van der Waals surface area contributed by atoms with E-state index in [9.17, 15) is 13.2 Å². The highest BCUT2D eigenvalue weighted by molar-refractivity contribution is 5.61. The number of hydrogen-bond acceptors (Lipinski definition) is 2. The number of nitrogens with zero attached hydrogens (tertiary/aromatic N) is 1. The monoisotopic (exact) mass is 230 g/mol. The molecule has 2 rings (SSSR count). The third-order valence-electron chi connectivity index (χ3n) is 2.69. The SMILES string of the molecule is Nc1ccc2c(c1)CCCN2CC(F)(F)F. The van der Waals surface area contributed by atoms with Gasteiger partial charge in [0.15, 0.2) is 0 Å². The van der Waals surface area contributed by atoms with Crippen LogP contribution in [0.25, 0.3) is 0 Å². The van der Waals surface area contributed by atoms with Crippen molar-refractivity contribution in [1.82, 2.24) is 0 Å². The number of anilines is 2. The van der Waals surface area contributed by atoms with E-state index in [0.29, 0.717) is 17.9 Å². The van der Waals surface area contributed by atoms with Crippen molar-refractivity contribution in [3.63, 3.8) is 0 Å². The Bertz CT molecular complexity index is 387. The molecule has 5 heteroatoms. The number of hydrogen-bond donors (Lipinski definition) is 1. The molecule has 0 radical (unpaired) electrons. The maximum atomic E-state index is 12.3. The van der Waals surface area contributed by atoms with Gasteiger partial charge in [0, 0.05) is 17.9 Å². The van der Waals surface area contributed by atoms with Crippen molar-refractivity contribution in [3.05, 3.63) is 23.8 Å². The van der Waals surface area contributed by atoms with E-state index in [1.807, 2.05) is 0 Å². The number of halogens is 3. The lowest BCUT2D eigenvalue weighted by Gasteiger charge is -2.32. The molecule has 2 N–H and O–H groups in total. The van der Waals surface area contributed by atoms with E-state index in [4.69, 9.17) is 5.73 Å². The first kappa shape index (κ1) is 11.1. The molecule has 2 nitrogen and oxygen atoms in total. The second-order valence-corrected chi connectivity index (χ2v) is 4.03. The summed E-state index contributed by atoms with van der Waals surface area (Å²) in [4.78, 5) is 1.37. The Labute approximate surface area is 91.8 Å². The number of nitrogen functional groups attached to an aromatic ring is 1. The van der Waals surface area contributed by atoms with Gasteiger partial charge >= 0.3 is 6.18 Å². The molecule has 0 aromatic heterocycles. The van der Waals surface area contributed by atoms with Crippen molar-refractivity contribution in [2.45, 2.75) is 19.0 Å². The smallest absolute Gasteiger partial charge is 0.399 e. The van der Waals surface area contributed by atoms with Crippen molar-refractivity contribution in [2.24, 2.45) is 0 Å². The second kappa shape index (κ2) is 3.88. The molecule has 1 aromatic carbocycles. The summed E-state index contributed by atoms with van der Waals surface area (Å²) in [6, 6.07) is 5.08. The minimum Gasteiger partial charge on any atom is -0.399 e. The Balaban J connectivity index is 2.26. The standard InChI is InChI=1S/C11H13F3N2/c12-11(13,14)7-16-5-1-2-8-6-9(15)3-4-10(8)16/h3-4,6H,1-2,5,7,15H2. The summed E-state index contributed by atoms with van der Waals surface area (Å²) in [5, 5.41) is 0. The lowest BCUT2D eigenvalue weighted by atomic mass is 10.0. The Morgan fingerprint density at radius 2 is 2.06 bits per heavy atom. The van der Waals surface area contributed by atoms with Gasteiger partial charge in [-0.1, -0.05) is 0 Å². The van der Waals surface area contributed by atoms with Gasteiger partial charge in [0.2, 0.25) is 0 Å². The Morgan fingerprint density at radius 3 is 2.75 bits per heavy atom. The molecule has 0 fully saturated rings. The van der Waals surface area contributed by atoms with E-state index in [-0.39, 0.29) is 0 Å². The minimum absolute atomic E-state index is 0.455. The summed E-state index contributed by atoms with van der Waals surface area (Å²) >= 11 is 0. The predicted octanol–water partition coefficient (Wildman–Crippen LogP) is 2.58. The van der Waals surface area contributed by atoms with Crippen molar-refractivity contribution in [2.75, 3.05) is 23.7 Å². The molecule has 1 aliphatic heterocycles. The molecule has 16 heavy (non-hydrogen) atoms. The molecular weight excluding hydrogens is 217 g/mol. The number of rotatable bonds is 1. The topological polar surface area (TPSA) is 29.3 Å². The van der Waals surface area contributed by atoms with Crippen LogP contribution in [-0.4, -0.2) is 19.3 Å². The molecule has 0 saturated carbocycles. The van der Waals surface area contributed by atoms with E-state index < -0.39 is 12.7 Å². The predicted molar refractivity (Wildman–Crippen MR) is 57.4 cm³/mol. The Kier molecular flexibility index (Phi) is 2.69. The first-order valence-electron chi connectivity index (χ1n) is 5.16. The first-order valence-corrected chi connectivity index (χ1v) is 5.16. The summed E-state index contributed by atoms with van der Waals surface area (Å²) < 4.78 is 37.0. The molecular formula is C11H13F3N2. The minimum atomic E-state index is -4.16. The normalized spacial score (nSPS) is 16.1. The molecule has 0 atom stereocenters. The molecule has 0 unspecified atom stereocenters. The van der Waals surface area contributed by atoms with Crippen LogP contribution in [0.2, 0.25) is 0 Å². The molecule has 0 bridgehead atoms. The maximum Gasteiger partial charge on any atom is 0.405 e. The fourth-order valence-corrected chi connectivity index (χ4v) is 2.08. The van der Waals surface area contributed by atoms with Crippen molar-refractivity contribution >= 4 is 11.4 Å². The number of alkyl halides is 3. The van der Waals surface area contributed by atoms with Crippen LogP contribution in [-0.2, 0) is 6.42 Å². The van der Waals surface area contributed by atoms with E-state index in [1.165, 1.54) is 4.90 Å². The van der Waals surface area contributed by atoms with Crippen molar-refractivity contribution < 1.29 is 13.2 Å². The van der Waals surface area contributed by atoms with Crippen molar-refractivity contribution in [1.29, 1.82) is 0 Å². The maximum absolute atomic E-state index is 12.3. The number of nitrogens with two attached hydrogens (primary N) is 1. The number of benzene rings is 1. The molecule has 0 amide bonds. The molecule has 0 spiro atoms. The van der Waals surface area contributed by atoms with Crippen LogP contribution in [0.4, 0.5) is 24.5 Å². The van der Waals surface area contributed by atoms with Gasteiger partial charge in [0.25, 0.3) is 0 Å². The highest BCUT2D eigenvalue weighted by Crippen LogP contribution is 2.31. The van der Waals surface area contributed by atoms with E-state index >= 15 is 0 Å². The lowest BCUT2D eigenvalue weighted by Crippen LogP contribution is -2.37. The quantitative estimate of drug-likeness (QED) is 0.751. The summed E-state index contributed by atoms with van der Waals surface area (Å²) in [5.74, 6) is 0. The van der Waals surface area contributed by atoms with Gasteiger partial charge < -0.3 is 10.6 Å². The van der Waals surface area contributed by atoms with Crippen LogP contribution >= 0.6 is 0 Å². The summed E-state index contributed by atoms with van der Waals surface area (Å²) in [6.07, 6.45) is -2.61. The molecule has 88 valence electrons. The number of fused-ring (bicyclic) bond motifs is 1. The molecule has 1 aromatic rings. The molecule has 0 aliphatic carbocycles. The van der Waals surface area contributed by atoms with Crippen LogP contribution < -0.4 is 10.6 Å². The molecule has 1 aliphatic rings. The molecule has 0 saturated heterocycles. The average Bonchev–Trinajstić information content (AvgIpc) is 2.15. The van der Waals surface area contributed by atoms with Crippen LogP contribution in [0, 0.1) is 0 Å². The van der Waals surface area contributed by atoms with E-state index in [0.717, 1.165) is 18.4 Å². The first-order chi connectivity index (χ1) is 7.46. The van der Waals surface area contributed by atoms with Gasteiger partial charge in [0.05, 0.1) is 0 Å². The largest absolute Gasteiger partial charge is 0.405 e. The third-order valence-corrected chi connectivity index (χ3v) is 2.69. The van der Waals surface area contributed by atoms with E-state index in [1.54, 1.807) is 18.2 Å². The zero-order valence-corrected chi connectivity index (χ0v) is 8.72. The van der Waals surface area contributed by atoms with Gasteiger partial charge in [-0.15, -0.1) is 0 Å². The molecule has 1 heterocycles. The lowest BCUT2D eigenvalue weighted by molar-refractivity contribution is -0.119. The number of aryl methyl sites for hydroxylation is 1. The van der Waals surface area contributed by atoms with Gasteiger partial charge in [-0.05, 0) is 36.6 Å². The van der Waals surface area contributed by atoms with E-state index in [2.05, 4.69) is 0 Å². The Morgan fingerprint density at radius 1 is 1.31 bits per heavy atom. The summed E-state index contributed by atoms with van der Waals surface area (Å²) in [5.41, 5.74) is 7.80. The fraction of sp³-hybridized carbons (Fsp3) is 0.455. The van der Waals surface area contributed by atoms with Gasteiger partial charge in [-0.2, -0.15) is 13.2 Å². The van der Waals surface area contributed by atoms with Gasteiger partial charge in [-0.25, -0.2) is 0 Å². The van der Waals surface area contributed by atoms with Crippen LogP contribution in [0.5, 0.6) is 0 Å². The summed E-state index contributed by atoms with van der Waals surface area (Å²) in [7, 11) is 0. The Hall–Kier alpha value is -1.39. The van der Waals surface area contributed by atoms with Crippen molar-refractivity contribution in [3.8, 4) is 0 Å². The summed E-state index contributed by atoms with van der Waals surface area (Å²) in [6.45, 7) is -0.430. The van der Waals surface area contributed by atoms with Crippen LogP contribution in [0.3, 0.4) is 0 Å². The highest BCUT2D eigenvalue weighted by atomic mass is 19.4. The second-order valence-electron chi connectivity index (χ2n) is 4.03. The zero-order chi connectivity index (χ0) is 11.8. The van der Waals surface area contributed by atoms with Gasteiger partial charge in [0.1, 0.15) is 6.54 Å². The fourth-order valence-electron chi connectivity index (χ4n) is 2.08. The van der Waals surface area contributed by atoms with Gasteiger partial charge in [-0.3, -0.25) is 0 Å². The average molecular weight is 230 g/mol. The third kappa shape index (κ3) is 2.40. The zero-order valence-electron chi connectivity index (χ0n) is 8.72. The van der Waals surface area contributed by atoms with Crippen LogP contribution in [0.15, 0.2) is 18.2 Å².